The van der Waals surface area contributed by atoms with Crippen LogP contribution in [0.15, 0.2) is 28.7 Å². The smallest absolute Gasteiger partial charge is 0.291 e. The molecule has 0 radical (unpaired) electrons. The molecule has 2 aliphatic rings. The molecule has 4 heterocycles. The zero-order valence-corrected chi connectivity index (χ0v) is 26.3. The van der Waals surface area contributed by atoms with Gasteiger partial charge in [-0.05, 0) is 43.1 Å². The topological polar surface area (TPSA) is 120 Å². The molecule has 0 saturated carbocycles. The second-order valence-corrected chi connectivity index (χ2v) is 16.2. The molecule has 0 atom stereocenters. The summed E-state index contributed by atoms with van der Waals surface area (Å²) in [4.78, 5) is 24.3. The minimum absolute atomic E-state index is 0.0307. The lowest BCUT2D eigenvalue weighted by atomic mass is 10.1. The molecule has 1 amide bonds. The number of nitrogens with one attached hydrogen (secondary N) is 2. The molecule has 1 fully saturated rings. The standard InChI is InChI=1S/C29H38ClN5O6Si/c1-37-27-25(28(38-2)34-29(33-27)31-10-6-11-35-12-14-39-15-13-35)32-26(36)21-8-9-24(40-21)41-22-18-23-19(17-20(22)30)7-5-16-42(23,3)4/h8-9,17-18H,5-7,10-16H2,1-4H3,(H,32,36)(H,31,33,34). The first kappa shape index (κ1) is 30.1. The molecule has 11 nitrogen and oxygen atoms in total. The zero-order valence-electron chi connectivity index (χ0n) is 24.5. The first-order valence-corrected chi connectivity index (χ1v) is 17.8. The van der Waals surface area contributed by atoms with Gasteiger partial charge in [0.25, 0.3) is 11.9 Å². The Morgan fingerprint density at radius 1 is 1.12 bits per heavy atom. The minimum atomic E-state index is -1.56. The number of morpholine rings is 1. The monoisotopic (exact) mass is 615 g/mol. The van der Waals surface area contributed by atoms with Gasteiger partial charge in [-0.2, -0.15) is 9.97 Å². The van der Waals surface area contributed by atoms with Crippen molar-refractivity contribution in [3.63, 3.8) is 0 Å². The summed E-state index contributed by atoms with van der Waals surface area (Å²) in [5, 5.41) is 7.82. The van der Waals surface area contributed by atoms with Gasteiger partial charge in [0.15, 0.2) is 11.4 Å². The SMILES string of the molecule is COc1nc(NCCCN2CCOCC2)nc(OC)c1NC(=O)c1ccc(Oc2cc3c(cc2Cl)CCC[Si]3(C)C)o1. The van der Waals surface area contributed by atoms with Crippen LogP contribution in [0.2, 0.25) is 24.2 Å². The third kappa shape index (κ3) is 7.00. The number of nitrogens with zero attached hydrogens (tertiary/aromatic N) is 3. The average molecular weight is 616 g/mol. The Kier molecular flexibility index (Phi) is 9.56. The molecule has 1 saturated heterocycles. The first-order valence-electron chi connectivity index (χ1n) is 14.2. The number of carbonyl (C=O) groups is 1. The maximum atomic E-state index is 13.1. The van der Waals surface area contributed by atoms with Gasteiger partial charge in [0.1, 0.15) is 5.75 Å². The summed E-state index contributed by atoms with van der Waals surface area (Å²) in [7, 11) is 1.37. The molecule has 0 bridgehead atoms. The molecule has 13 heteroatoms. The van der Waals surface area contributed by atoms with Crippen LogP contribution >= 0.6 is 11.6 Å². The zero-order chi connectivity index (χ0) is 29.7. The van der Waals surface area contributed by atoms with Gasteiger partial charge in [-0.15, -0.1) is 0 Å². The van der Waals surface area contributed by atoms with Crippen molar-refractivity contribution >= 4 is 42.4 Å². The van der Waals surface area contributed by atoms with E-state index >= 15 is 0 Å². The van der Waals surface area contributed by atoms with E-state index in [1.165, 1.54) is 43.5 Å². The van der Waals surface area contributed by atoms with Crippen LogP contribution in [0, 0.1) is 0 Å². The Morgan fingerprint density at radius 2 is 1.86 bits per heavy atom. The Bertz CT molecular complexity index is 1390. The van der Waals surface area contributed by atoms with Crippen LogP contribution in [-0.2, 0) is 11.2 Å². The summed E-state index contributed by atoms with van der Waals surface area (Å²) >= 11 is 6.55. The van der Waals surface area contributed by atoms with Crippen molar-refractivity contribution in [3.05, 3.63) is 40.6 Å². The van der Waals surface area contributed by atoms with Gasteiger partial charge in [-0.1, -0.05) is 42.3 Å². The molecule has 0 unspecified atom stereocenters. The molecule has 5 rings (SSSR count). The fourth-order valence-electron chi connectivity index (χ4n) is 5.38. The fraction of sp³-hybridized carbons (Fsp3) is 0.483. The van der Waals surface area contributed by atoms with Crippen molar-refractivity contribution in [1.82, 2.24) is 14.9 Å². The van der Waals surface area contributed by atoms with E-state index in [1.54, 1.807) is 6.07 Å². The van der Waals surface area contributed by atoms with Crippen molar-refractivity contribution in [2.75, 3.05) is 64.2 Å². The van der Waals surface area contributed by atoms with Crippen molar-refractivity contribution in [3.8, 4) is 23.5 Å². The molecule has 0 aliphatic carbocycles. The molecule has 2 N–H and O–H groups in total. The lowest BCUT2D eigenvalue weighted by molar-refractivity contribution is 0.0378. The number of amides is 1. The van der Waals surface area contributed by atoms with Gasteiger partial charge >= 0.3 is 0 Å². The van der Waals surface area contributed by atoms with E-state index < -0.39 is 14.0 Å². The molecule has 226 valence electrons. The molecule has 3 aromatic rings. The van der Waals surface area contributed by atoms with Crippen molar-refractivity contribution in [1.29, 1.82) is 0 Å². The van der Waals surface area contributed by atoms with E-state index in [0.717, 1.165) is 45.7 Å². The number of anilines is 2. The maximum Gasteiger partial charge on any atom is 0.291 e. The highest BCUT2D eigenvalue weighted by Gasteiger charge is 2.31. The highest BCUT2D eigenvalue weighted by Crippen LogP contribution is 2.36. The van der Waals surface area contributed by atoms with Crippen molar-refractivity contribution in [2.45, 2.75) is 38.4 Å². The fourth-order valence-corrected chi connectivity index (χ4v) is 8.52. The van der Waals surface area contributed by atoms with Crippen LogP contribution < -0.4 is 30.0 Å². The van der Waals surface area contributed by atoms with Gasteiger partial charge in [-0.3, -0.25) is 9.69 Å². The van der Waals surface area contributed by atoms with Gasteiger partial charge in [0, 0.05) is 25.7 Å². The predicted octanol–water partition coefficient (Wildman–Crippen LogP) is 4.78. The predicted molar refractivity (Wildman–Crippen MR) is 164 cm³/mol. The van der Waals surface area contributed by atoms with E-state index in [2.05, 4.69) is 38.6 Å². The van der Waals surface area contributed by atoms with Crippen molar-refractivity contribution in [2.24, 2.45) is 0 Å². The van der Waals surface area contributed by atoms with E-state index in [1.807, 2.05) is 12.1 Å². The number of aryl methyl sites for hydroxylation is 1. The number of hydrogen-bond acceptors (Lipinski definition) is 10. The molecule has 1 aromatic carbocycles. The number of rotatable bonds is 11. The summed E-state index contributed by atoms with van der Waals surface area (Å²) in [5.74, 6) is 0.811. The van der Waals surface area contributed by atoms with E-state index in [9.17, 15) is 4.79 Å². The van der Waals surface area contributed by atoms with Crippen molar-refractivity contribution < 1.29 is 28.2 Å². The quantitative estimate of drug-likeness (QED) is 0.230. The number of fused-ring (bicyclic) bond motifs is 1. The second kappa shape index (κ2) is 13.3. The number of halogens is 1. The number of benzene rings is 1. The Hall–Kier alpha value is -3.32. The highest BCUT2D eigenvalue weighted by atomic mass is 35.5. The summed E-state index contributed by atoms with van der Waals surface area (Å²) < 4.78 is 28.0. The van der Waals surface area contributed by atoms with Crippen LogP contribution in [-0.4, -0.2) is 82.5 Å². The Morgan fingerprint density at radius 3 is 2.57 bits per heavy atom. The molecular formula is C29H38ClN5O6Si. The van der Waals surface area contributed by atoms with Gasteiger partial charge in [0.2, 0.25) is 17.7 Å². The van der Waals surface area contributed by atoms with E-state index in [-0.39, 0.29) is 29.2 Å². The van der Waals surface area contributed by atoms with Gasteiger partial charge in [-0.25, -0.2) is 0 Å². The van der Waals surface area contributed by atoms with Crippen LogP contribution in [0.1, 0.15) is 29.0 Å². The van der Waals surface area contributed by atoms with Crippen LogP contribution in [0.5, 0.6) is 23.5 Å². The Labute approximate surface area is 251 Å². The molecule has 0 spiro atoms. The number of aromatic nitrogens is 2. The lowest BCUT2D eigenvalue weighted by Gasteiger charge is -2.31. The summed E-state index contributed by atoms with van der Waals surface area (Å²) in [6, 6.07) is 8.38. The molecular weight excluding hydrogens is 578 g/mol. The van der Waals surface area contributed by atoms with Crippen LogP contribution in [0.25, 0.3) is 0 Å². The summed E-state index contributed by atoms with van der Waals surface area (Å²) in [6.45, 7) is 9.76. The number of ether oxygens (including phenoxy) is 4. The third-order valence-corrected chi connectivity index (χ3v) is 11.5. The van der Waals surface area contributed by atoms with Crippen LogP contribution in [0.3, 0.4) is 0 Å². The van der Waals surface area contributed by atoms with Crippen LogP contribution in [0.4, 0.5) is 11.6 Å². The number of hydrogen-bond donors (Lipinski definition) is 2. The largest absolute Gasteiger partial charge is 0.479 e. The van der Waals surface area contributed by atoms with Gasteiger partial charge < -0.3 is 34.0 Å². The normalized spacial score (nSPS) is 16.4. The number of furan rings is 1. The Balaban J connectivity index is 1.24. The number of carbonyl (C=O) groups excluding carboxylic acids is 1. The second-order valence-electron chi connectivity index (χ2n) is 11.0. The lowest BCUT2D eigenvalue weighted by Crippen LogP contribution is -2.46. The molecule has 2 aliphatic heterocycles. The first-order chi connectivity index (χ1) is 20.3. The number of methoxy groups -OCH3 is 2. The third-order valence-electron chi connectivity index (χ3n) is 7.66. The maximum absolute atomic E-state index is 13.1. The molecule has 42 heavy (non-hydrogen) atoms. The average Bonchev–Trinajstić information content (AvgIpc) is 3.45. The van der Waals surface area contributed by atoms with Gasteiger partial charge in [0.05, 0.1) is 40.5 Å². The van der Waals surface area contributed by atoms with E-state index in [0.29, 0.717) is 23.3 Å². The molecule has 2 aromatic heterocycles. The highest BCUT2D eigenvalue weighted by molar-refractivity contribution is 6.90. The summed E-state index contributed by atoms with van der Waals surface area (Å²) in [6.07, 6.45) is 3.12. The summed E-state index contributed by atoms with van der Waals surface area (Å²) in [5.41, 5.74) is 1.49. The minimum Gasteiger partial charge on any atom is -0.479 e. The van der Waals surface area contributed by atoms with E-state index in [4.69, 9.17) is 35.0 Å².